The van der Waals surface area contributed by atoms with Crippen molar-refractivity contribution in [1.82, 2.24) is 15.5 Å². The Labute approximate surface area is 101 Å². The second kappa shape index (κ2) is 4.72. The first kappa shape index (κ1) is 10.5. The SMILES string of the molecule is c1ccc(-c2cc(C3CCNCC3)[nH]n2)cc1. The summed E-state index contributed by atoms with van der Waals surface area (Å²) in [6, 6.07) is 12.5. The number of aromatic nitrogens is 2. The summed E-state index contributed by atoms with van der Waals surface area (Å²) in [7, 11) is 0. The predicted octanol–water partition coefficient (Wildman–Crippen LogP) is 2.54. The van der Waals surface area contributed by atoms with E-state index >= 15 is 0 Å². The van der Waals surface area contributed by atoms with E-state index in [1.165, 1.54) is 24.1 Å². The van der Waals surface area contributed by atoms with Crippen molar-refractivity contribution in [1.29, 1.82) is 0 Å². The van der Waals surface area contributed by atoms with Gasteiger partial charge >= 0.3 is 0 Å². The summed E-state index contributed by atoms with van der Waals surface area (Å²) in [6.07, 6.45) is 2.41. The Morgan fingerprint density at radius 1 is 1.06 bits per heavy atom. The molecule has 1 aromatic heterocycles. The molecule has 0 spiro atoms. The number of piperidine rings is 1. The molecular weight excluding hydrogens is 210 g/mol. The van der Waals surface area contributed by atoms with Crippen molar-refractivity contribution in [2.75, 3.05) is 13.1 Å². The quantitative estimate of drug-likeness (QED) is 0.827. The van der Waals surface area contributed by atoms with Gasteiger partial charge in [-0.15, -0.1) is 0 Å². The molecular formula is C14H17N3. The van der Waals surface area contributed by atoms with Crippen LogP contribution in [0.5, 0.6) is 0 Å². The molecule has 0 amide bonds. The summed E-state index contributed by atoms with van der Waals surface area (Å²) < 4.78 is 0. The van der Waals surface area contributed by atoms with Crippen LogP contribution in [0.4, 0.5) is 0 Å². The summed E-state index contributed by atoms with van der Waals surface area (Å²) in [5.74, 6) is 0.640. The van der Waals surface area contributed by atoms with Crippen molar-refractivity contribution >= 4 is 0 Å². The lowest BCUT2D eigenvalue weighted by molar-refractivity contribution is 0.453. The van der Waals surface area contributed by atoms with Crippen LogP contribution in [0.3, 0.4) is 0 Å². The van der Waals surface area contributed by atoms with Gasteiger partial charge < -0.3 is 5.32 Å². The van der Waals surface area contributed by atoms with E-state index in [-0.39, 0.29) is 0 Å². The average Bonchev–Trinajstić information content (AvgIpc) is 2.90. The van der Waals surface area contributed by atoms with Crippen molar-refractivity contribution < 1.29 is 0 Å². The maximum Gasteiger partial charge on any atom is 0.0923 e. The smallest absolute Gasteiger partial charge is 0.0923 e. The van der Waals surface area contributed by atoms with Gasteiger partial charge in [0.25, 0.3) is 0 Å². The van der Waals surface area contributed by atoms with E-state index in [1.54, 1.807) is 0 Å². The van der Waals surface area contributed by atoms with Crippen LogP contribution >= 0.6 is 0 Å². The molecule has 3 heteroatoms. The standard InChI is InChI=1S/C14H17N3/c1-2-4-11(5-3-1)13-10-14(17-16-13)12-6-8-15-9-7-12/h1-5,10,12,15H,6-9H2,(H,16,17). The highest BCUT2D eigenvalue weighted by molar-refractivity contribution is 5.59. The number of hydrogen-bond acceptors (Lipinski definition) is 2. The Hall–Kier alpha value is -1.61. The Bertz CT molecular complexity index is 469. The Morgan fingerprint density at radius 3 is 2.59 bits per heavy atom. The molecule has 2 N–H and O–H groups in total. The minimum atomic E-state index is 0.640. The highest BCUT2D eigenvalue weighted by Crippen LogP contribution is 2.26. The zero-order chi connectivity index (χ0) is 11.5. The Balaban J connectivity index is 1.83. The molecule has 1 fully saturated rings. The van der Waals surface area contributed by atoms with Crippen LogP contribution in [0.25, 0.3) is 11.3 Å². The van der Waals surface area contributed by atoms with Gasteiger partial charge in [0.2, 0.25) is 0 Å². The molecule has 3 nitrogen and oxygen atoms in total. The molecule has 1 aliphatic rings. The molecule has 0 atom stereocenters. The van der Waals surface area contributed by atoms with Crippen LogP contribution < -0.4 is 5.32 Å². The molecule has 17 heavy (non-hydrogen) atoms. The molecule has 1 aliphatic heterocycles. The molecule has 3 rings (SSSR count). The first-order valence-electron chi connectivity index (χ1n) is 6.25. The normalized spacial score (nSPS) is 17.2. The van der Waals surface area contributed by atoms with Gasteiger partial charge in [0.1, 0.15) is 0 Å². The van der Waals surface area contributed by atoms with Crippen LogP contribution in [0.1, 0.15) is 24.5 Å². The number of benzene rings is 1. The Kier molecular flexibility index (Phi) is 2.92. The molecule has 0 bridgehead atoms. The molecule has 1 aromatic carbocycles. The van der Waals surface area contributed by atoms with Gasteiger partial charge in [-0.1, -0.05) is 30.3 Å². The molecule has 1 saturated heterocycles. The zero-order valence-corrected chi connectivity index (χ0v) is 9.82. The fourth-order valence-electron chi connectivity index (χ4n) is 2.44. The number of aromatic amines is 1. The second-order valence-corrected chi connectivity index (χ2v) is 4.60. The number of H-pyrrole nitrogens is 1. The van der Waals surface area contributed by atoms with E-state index in [1.807, 2.05) is 18.2 Å². The molecule has 0 unspecified atom stereocenters. The third-order valence-corrected chi connectivity index (χ3v) is 3.45. The van der Waals surface area contributed by atoms with Crippen molar-refractivity contribution in [3.05, 3.63) is 42.1 Å². The topological polar surface area (TPSA) is 40.7 Å². The summed E-state index contributed by atoms with van der Waals surface area (Å²) in [6.45, 7) is 2.23. The monoisotopic (exact) mass is 227 g/mol. The van der Waals surface area contributed by atoms with E-state index in [4.69, 9.17) is 0 Å². The minimum Gasteiger partial charge on any atom is -0.317 e. The summed E-state index contributed by atoms with van der Waals surface area (Å²) in [5, 5.41) is 11.0. The number of nitrogens with zero attached hydrogens (tertiary/aromatic N) is 1. The van der Waals surface area contributed by atoms with Crippen LogP contribution in [0.15, 0.2) is 36.4 Å². The fraction of sp³-hybridized carbons (Fsp3) is 0.357. The van der Waals surface area contributed by atoms with E-state index in [9.17, 15) is 0 Å². The maximum atomic E-state index is 4.42. The third kappa shape index (κ3) is 2.24. The van der Waals surface area contributed by atoms with Gasteiger partial charge in [-0.05, 0) is 32.0 Å². The van der Waals surface area contributed by atoms with Crippen LogP contribution in [-0.2, 0) is 0 Å². The molecule has 0 aliphatic carbocycles. The highest BCUT2D eigenvalue weighted by Gasteiger charge is 2.17. The first-order valence-corrected chi connectivity index (χ1v) is 6.25. The van der Waals surface area contributed by atoms with Crippen molar-refractivity contribution in [2.45, 2.75) is 18.8 Å². The van der Waals surface area contributed by atoms with Gasteiger partial charge in [-0.2, -0.15) is 5.10 Å². The number of nitrogens with one attached hydrogen (secondary N) is 2. The molecule has 0 saturated carbocycles. The molecule has 2 heterocycles. The summed E-state index contributed by atoms with van der Waals surface area (Å²) >= 11 is 0. The number of hydrogen-bond donors (Lipinski definition) is 2. The fourth-order valence-corrected chi connectivity index (χ4v) is 2.44. The third-order valence-electron chi connectivity index (χ3n) is 3.45. The molecule has 2 aromatic rings. The van der Waals surface area contributed by atoms with Gasteiger partial charge in [0.05, 0.1) is 5.69 Å². The van der Waals surface area contributed by atoms with E-state index in [2.05, 4.69) is 33.7 Å². The Morgan fingerprint density at radius 2 is 1.82 bits per heavy atom. The molecule has 0 radical (unpaired) electrons. The number of rotatable bonds is 2. The largest absolute Gasteiger partial charge is 0.317 e. The maximum absolute atomic E-state index is 4.42. The highest BCUT2D eigenvalue weighted by atomic mass is 15.1. The van der Waals surface area contributed by atoms with E-state index in [0.717, 1.165) is 18.8 Å². The van der Waals surface area contributed by atoms with Gasteiger partial charge in [0, 0.05) is 17.2 Å². The lowest BCUT2D eigenvalue weighted by Gasteiger charge is -2.20. The van der Waals surface area contributed by atoms with Crippen molar-refractivity contribution in [3.8, 4) is 11.3 Å². The average molecular weight is 227 g/mol. The van der Waals surface area contributed by atoms with Crippen LogP contribution in [0.2, 0.25) is 0 Å². The summed E-state index contributed by atoms with van der Waals surface area (Å²) in [5.41, 5.74) is 3.52. The van der Waals surface area contributed by atoms with Gasteiger partial charge in [0.15, 0.2) is 0 Å². The predicted molar refractivity (Wildman–Crippen MR) is 68.9 cm³/mol. The van der Waals surface area contributed by atoms with E-state index in [0.29, 0.717) is 5.92 Å². The zero-order valence-electron chi connectivity index (χ0n) is 9.82. The van der Waals surface area contributed by atoms with Crippen molar-refractivity contribution in [2.24, 2.45) is 0 Å². The van der Waals surface area contributed by atoms with Crippen LogP contribution in [-0.4, -0.2) is 23.3 Å². The van der Waals surface area contributed by atoms with Gasteiger partial charge in [-0.25, -0.2) is 0 Å². The lowest BCUT2D eigenvalue weighted by Crippen LogP contribution is -2.26. The van der Waals surface area contributed by atoms with Crippen molar-refractivity contribution in [3.63, 3.8) is 0 Å². The second-order valence-electron chi connectivity index (χ2n) is 4.60. The molecule has 88 valence electrons. The minimum absolute atomic E-state index is 0.640. The lowest BCUT2D eigenvalue weighted by atomic mass is 9.94. The van der Waals surface area contributed by atoms with E-state index < -0.39 is 0 Å². The first-order chi connectivity index (χ1) is 8.43. The van der Waals surface area contributed by atoms with Crippen LogP contribution in [0, 0.1) is 0 Å². The van der Waals surface area contributed by atoms with Gasteiger partial charge in [-0.3, -0.25) is 5.10 Å². The summed E-state index contributed by atoms with van der Waals surface area (Å²) in [4.78, 5) is 0.